The van der Waals surface area contributed by atoms with E-state index >= 15 is 0 Å². The van der Waals surface area contributed by atoms with Gasteiger partial charge in [-0.1, -0.05) is 18.2 Å². The fourth-order valence-corrected chi connectivity index (χ4v) is 1.88. The molecule has 5 nitrogen and oxygen atoms in total. The maximum absolute atomic E-state index is 12.1. The number of likely N-dealkylation sites (N-methyl/N-ethyl adjacent to an activating group) is 1. The lowest BCUT2D eigenvalue weighted by atomic mass is 10.2. The van der Waals surface area contributed by atoms with Crippen LogP contribution in [0.2, 0.25) is 0 Å². The second-order valence-corrected chi connectivity index (χ2v) is 4.86. The van der Waals surface area contributed by atoms with E-state index in [0.29, 0.717) is 12.0 Å². The molecule has 0 heterocycles. The highest BCUT2D eigenvalue weighted by Gasteiger charge is 2.15. The van der Waals surface area contributed by atoms with Gasteiger partial charge in [-0.3, -0.25) is 9.59 Å². The zero-order valence-corrected chi connectivity index (χ0v) is 12.0. The summed E-state index contributed by atoms with van der Waals surface area (Å²) in [6.07, 6.45) is 1.37. The van der Waals surface area contributed by atoms with Gasteiger partial charge < -0.3 is 15.3 Å². The second kappa shape index (κ2) is 8.32. The number of nitrogens with zero attached hydrogens (tertiary/aromatic N) is 1. The molecular weight excluding hydrogens is 256 g/mol. The zero-order chi connectivity index (χ0) is 15.0. The van der Waals surface area contributed by atoms with E-state index in [2.05, 4.69) is 5.32 Å². The zero-order valence-electron chi connectivity index (χ0n) is 12.0. The van der Waals surface area contributed by atoms with Gasteiger partial charge in [0.25, 0.3) is 5.91 Å². The quantitative estimate of drug-likeness (QED) is 0.783. The molecule has 2 amide bonds. The number of hydrogen-bond acceptors (Lipinski definition) is 3. The van der Waals surface area contributed by atoms with Crippen LogP contribution in [0.15, 0.2) is 30.3 Å². The Labute approximate surface area is 119 Å². The largest absolute Gasteiger partial charge is 0.396 e. The second-order valence-electron chi connectivity index (χ2n) is 4.86. The predicted molar refractivity (Wildman–Crippen MR) is 77.3 cm³/mol. The smallest absolute Gasteiger partial charge is 0.254 e. The van der Waals surface area contributed by atoms with Gasteiger partial charge in [-0.25, -0.2) is 0 Å². The molecule has 0 aliphatic heterocycles. The predicted octanol–water partition coefficient (Wildman–Crippen LogP) is 1.04. The van der Waals surface area contributed by atoms with Crippen molar-refractivity contribution in [3.8, 4) is 0 Å². The van der Waals surface area contributed by atoms with Gasteiger partial charge in [-0.15, -0.1) is 0 Å². The van der Waals surface area contributed by atoms with Crippen LogP contribution >= 0.6 is 0 Å². The molecule has 110 valence electrons. The van der Waals surface area contributed by atoms with E-state index in [0.717, 1.165) is 6.42 Å². The molecule has 0 aliphatic carbocycles. The summed E-state index contributed by atoms with van der Waals surface area (Å²) in [5.41, 5.74) is 0.566. The third-order valence-corrected chi connectivity index (χ3v) is 2.95. The lowest BCUT2D eigenvalue weighted by molar-refractivity contribution is -0.122. The Kier molecular flexibility index (Phi) is 6.73. The minimum atomic E-state index is -0.192. The van der Waals surface area contributed by atoms with E-state index in [-0.39, 0.29) is 31.0 Å². The number of carbonyl (C=O) groups is 2. The van der Waals surface area contributed by atoms with E-state index in [1.807, 2.05) is 13.0 Å². The summed E-state index contributed by atoms with van der Waals surface area (Å²) < 4.78 is 0. The van der Waals surface area contributed by atoms with Crippen molar-refractivity contribution in [3.05, 3.63) is 35.9 Å². The number of hydrogen-bond donors (Lipinski definition) is 2. The Hall–Kier alpha value is -1.88. The molecule has 1 aromatic rings. The van der Waals surface area contributed by atoms with Gasteiger partial charge in [0.05, 0.1) is 6.54 Å². The molecule has 5 heteroatoms. The Morgan fingerprint density at radius 1 is 1.30 bits per heavy atom. The molecule has 0 bridgehead atoms. The van der Waals surface area contributed by atoms with Gasteiger partial charge in [0, 0.05) is 25.3 Å². The summed E-state index contributed by atoms with van der Waals surface area (Å²) in [4.78, 5) is 25.2. The molecule has 0 saturated carbocycles. The topological polar surface area (TPSA) is 69.6 Å². The van der Waals surface area contributed by atoms with Gasteiger partial charge in [0.1, 0.15) is 0 Å². The lowest BCUT2D eigenvalue weighted by Crippen LogP contribution is -2.41. The monoisotopic (exact) mass is 278 g/mol. The summed E-state index contributed by atoms with van der Waals surface area (Å²) >= 11 is 0. The average molecular weight is 278 g/mol. The normalized spacial score (nSPS) is 11.8. The Morgan fingerprint density at radius 3 is 2.55 bits per heavy atom. The van der Waals surface area contributed by atoms with Crippen molar-refractivity contribution in [1.82, 2.24) is 10.2 Å². The van der Waals surface area contributed by atoms with Gasteiger partial charge >= 0.3 is 0 Å². The van der Waals surface area contributed by atoms with Crippen molar-refractivity contribution in [2.45, 2.75) is 25.8 Å². The molecule has 1 atom stereocenters. The number of carbonyl (C=O) groups excluding carboxylic acids is 2. The maximum Gasteiger partial charge on any atom is 0.254 e. The van der Waals surface area contributed by atoms with E-state index < -0.39 is 0 Å². The average Bonchev–Trinajstić information content (AvgIpc) is 2.45. The molecule has 1 rings (SSSR count). The first-order chi connectivity index (χ1) is 9.54. The summed E-state index contributed by atoms with van der Waals surface area (Å²) in [7, 11) is 1.60. The fraction of sp³-hybridized carbons (Fsp3) is 0.467. The Balaban J connectivity index is 2.43. The number of aliphatic hydroxyl groups excluding tert-OH is 1. The van der Waals surface area contributed by atoms with Crippen molar-refractivity contribution in [2.75, 3.05) is 20.2 Å². The van der Waals surface area contributed by atoms with Crippen LogP contribution in [-0.4, -0.2) is 48.1 Å². The third kappa shape index (κ3) is 5.40. The first-order valence-electron chi connectivity index (χ1n) is 6.75. The summed E-state index contributed by atoms with van der Waals surface area (Å²) in [6, 6.07) is 8.86. The van der Waals surface area contributed by atoms with Crippen molar-refractivity contribution in [1.29, 1.82) is 0 Å². The van der Waals surface area contributed by atoms with Crippen molar-refractivity contribution < 1.29 is 14.7 Å². The van der Waals surface area contributed by atoms with Crippen molar-refractivity contribution >= 4 is 11.8 Å². The number of rotatable bonds is 7. The summed E-state index contributed by atoms with van der Waals surface area (Å²) in [5.74, 6) is -0.369. The van der Waals surface area contributed by atoms with Gasteiger partial charge in [-0.05, 0) is 31.9 Å². The number of benzene rings is 1. The molecule has 1 unspecified atom stereocenters. The van der Waals surface area contributed by atoms with Crippen LogP contribution < -0.4 is 5.32 Å². The number of amides is 2. The number of aliphatic hydroxyl groups is 1. The fourth-order valence-electron chi connectivity index (χ4n) is 1.88. The minimum absolute atomic E-state index is 0.00474. The Morgan fingerprint density at radius 2 is 1.95 bits per heavy atom. The highest BCUT2D eigenvalue weighted by Crippen LogP contribution is 2.03. The first kappa shape index (κ1) is 16.2. The molecule has 0 aliphatic rings. The lowest BCUT2D eigenvalue weighted by Gasteiger charge is -2.19. The maximum atomic E-state index is 12.1. The van der Waals surface area contributed by atoms with Crippen LogP contribution in [-0.2, 0) is 4.79 Å². The molecule has 0 aromatic heterocycles. The molecule has 0 saturated heterocycles. The molecule has 2 N–H and O–H groups in total. The van der Waals surface area contributed by atoms with E-state index in [1.54, 1.807) is 31.3 Å². The molecule has 0 fully saturated rings. The molecule has 20 heavy (non-hydrogen) atoms. The van der Waals surface area contributed by atoms with Gasteiger partial charge in [0.2, 0.25) is 5.91 Å². The van der Waals surface area contributed by atoms with Crippen LogP contribution in [0.3, 0.4) is 0 Å². The highest BCUT2D eigenvalue weighted by molar-refractivity contribution is 5.96. The van der Waals surface area contributed by atoms with Crippen LogP contribution in [0, 0.1) is 0 Å². The standard InChI is InChI=1S/C15H22N2O3/c1-12(7-6-10-18)16-14(19)11-17(2)15(20)13-8-4-3-5-9-13/h3-5,8-9,12,18H,6-7,10-11H2,1-2H3,(H,16,19). The van der Waals surface area contributed by atoms with Crippen LogP contribution in [0.5, 0.6) is 0 Å². The van der Waals surface area contributed by atoms with E-state index in [9.17, 15) is 9.59 Å². The molecule has 0 spiro atoms. The summed E-state index contributed by atoms with van der Waals surface area (Å²) in [5, 5.41) is 11.5. The first-order valence-corrected chi connectivity index (χ1v) is 6.75. The highest BCUT2D eigenvalue weighted by atomic mass is 16.3. The van der Waals surface area contributed by atoms with Gasteiger partial charge in [0.15, 0.2) is 0 Å². The molecule has 1 aromatic carbocycles. The summed E-state index contributed by atoms with van der Waals surface area (Å²) in [6.45, 7) is 2.02. The van der Waals surface area contributed by atoms with Crippen LogP contribution in [0.4, 0.5) is 0 Å². The SMILES string of the molecule is CC(CCCO)NC(=O)CN(C)C(=O)c1ccccc1. The minimum Gasteiger partial charge on any atom is -0.396 e. The van der Waals surface area contributed by atoms with E-state index in [1.165, 1.54) is 4.90 Å². The number of nitrogens with one attached hydrogen (secondary N) is 1. The Bertz CT molecular complexity index is 434. The van der Waals surface area contributed by atoms with Crippen molar-refractivity contribution in [3.63, 3.8) is 0 Å². The third-order valence-electron chi connectivity index (χ3n) is 2.95. The molecular formula is C15H22N2O3. The van der Waals surface area contributed by atoms with Crippen molar-refractivity contribution in [2.24, 2.45) is 0 Å². The molecule has 0 radical (unpaired) electrons. The van der Waals surface area contributed by atoms with Gasteiger partial charge in [-0.2, -0.15) is 0 Å². The van der Waals surface area contributed by atoms with Crippen LogP contribution in [0.25, 0.3) is 0 Å². The van der Waals surface area contributed by atoms with E-state index in [4.69, 9.17) is 5.11 Å². The van der Waals surface area contributed by atoms with Crippen LogP contribution in [0.1, 0.15) is 30.1 Å².